The molecule has 104 valence electrons. The average molecular weight is 298 g/mol. The van der Waals surface area contributed by atoms with Crippen LogP contribution in [0, 0.1) is 0 Å². The third kappa shape index (κ3) is 3.17. The number of aromatic nitrogens is 3. The van der Waals surface area contributed by atoms with Crippen molar-refractivity contribution < 1.29 is 4.79 Å². The van der Waals surface area contributed by atoms with Crippen LogP contribution in [0.15, 0.2) is 61.4 Å². The van der Waals surface area contributed by atoms with Gasteiger partial charge in [0.15, 0.2) is 5.78 Å². The van der Waals surface area contributed by atoms with Gasteiger partial charge >= 0.3 is 0 Å². The molecule has 21 heavy (non-hydrogen) atoms. The van der Waals surface area contributed by atoms with Crippen molar-refractivity contribution in [2.75, 3.05) is 0 Å². The van der Waals surface area contributed by atoms with Crippen molar-refractivity contribution in [2.24, 2.45) is 0 Å². The summed E-state index contributed by atoms with van der Waals surface area (Å²) in [5, 5.41) is 0.706. The monoisotopic (exact) mass is 297 g/mol. The third-order valence-electron chi connectivity index (χ3n) is 3.09. The molecule has 0 aliphatic rings. The first kappa shape index (κ1) is 13.5. The van der Waals surface area contributed by atoms with Gasteiger partial charge in [0, 0.05) is 41.9 Å². The molecule has 4 nitrogen and oxygen atoms in total. The zero-order valence-corrected chi connectivity index (χ0v) is 11.9. The summed E-state index contributed by atoms with van der Waals surface area (Å²) >= 11 is 5.97. The van der Waals surface area contributed by atoms with Crippen molar-refractivity contribution in [2.45, 2.75) is 6.54 Å². The van der Waals surface area contributed by atoms with Crippen LogP contribution in [0.3, 0.4) is 0 Å². The standard InChI is InChI=1S/C16H12ClN3O/c17-15-3-1-2-12(6-15)9-20-5-4-13(10-20)16(21)14-7-18-11-19-8-14/h1-8,10-11H,9H2. The van der Waals surface area contributed by atoms with Crippen molar-refractivity contribution in [1.29, 1.82) is 0 Å². The number of benzene rings is 1. The normalized spacial score (nSPS) is 10.5. The molecule has 0 radical (unpaired) electrons. The Balaban J connectivity index is 1.79. The van der Waals surface area contributed by atoms with Crippen molar-refractivity contribution in [3.63, 3.8) is 0 Å². The van der Waals surface area contributed by atoms with Crippen molar-refractivity contribution in [3.8, 4) is 0 Å². The zero-order valence-electron chi connectivity index (χ0n) is 11.1. The van der Waals surface area contributed by atoms with E-state index in [0.717, 1.165) is 5.56 Å². The summed E-state index contributed by atoms with van der Waals surface area (Å²) < 4.78 is 1.95. The molecule has 0 bridgehead atoms. The van der Waals surface area contributed by atoms with Crippen LogP contribution < -0.4 is 0 Å². The van der Waals surface area contributed by atoms with Crippen molar-refractivity contribution in [3.05, 3.63) is 83.2 Å². The predicted molar refractivity (Wildman–Crippen MR) is 80.5 cm³/mol. The van der Waals surface area contributed by atoms with Crippen molar-refractivity contribution in [1.82, 2.24) is 14.5 Å². The molecule has 0 aliphatic carbocycles. The second-order valence-corrected chi connectivity index (χ2v) is 5.10. The Bertz CT molecular complexity index is 768. The molecule has 3 aromatic rings. The molecule has 0 fully saturated rings. The number of carbonyl (C=O) groups is 1. The smallest absolute Gasteiger partial charge is 0.197 e. The van der Waals surface area contributed by atoms with Gasteiger partial charge in [0.05, 0.1) is 5.56 Å². The van der Waals surface area contributed by atoms with E-state index in [1.54, 1.807) is 6.07 Å². The van der Waals surface area contributed by atoms with Gasteiger partial charge in [-0.1, -0.05) is 23.7 Å². The van der Waals surface area contributed by atoms with Crippen LogP contribution in [-0.4, -0.2) is 20.3 Å². The highest BCUT2D eigenvalue weighted by Crippen LogP contribution is 2.14. The van der Waals surface area contributed by atoms with Gasteiger partial charge in [-0.25, -0.2) is 9.97 Å². The Morgan fingerprint density at radius 1 is 1.14 bits per heavy atom. The maximum atomic E-state index is 12.3. The van der Waals surface area contributed by atoms with Gasteiger partial charge in [-0.15, -0.1) is 0 Å². The van der Waals surface area contributed by atoms with E-state index in [1.165, 1.54) is 18.7 Å². The highest BCUT2D eigenvalue weighted by molar-refractivity contribution is 6.30. The molecule has 2 heterocycles. The second-order valence-electron chi connectivity index (χ2n) is 4.66. The quantitative estimate of drug-likeness (QED) is 0.695. The molecular weight excluding hydrogens is 286 g/mol. The second kappa shape index (κ2) is 5.89. The van der Waals surface area contributed by atoms with Crippen LogP contribution in [0.1, 0.15) is 21.5 Å². The van der Waals surface area contributed by atoms with Gasteiger partial charge in [0.2, 0.25) is 0 Å². The summed E-state index contributed by atoms with van der Waals surface area (Å²) in [5.41, 5.74) is 2.19. The Morgan fingerprint density at radius 2 is 1.95 bits per heavy atom. The number of halogens is 1. The largest absolute Gasteiger partial charge is 0.349 e. The summed E-state index contributed by atoms with van der Waals surface area (Å²) in [6.45, 7) is 0.666. The van der Waals surface area contributed by atoms with E-state index >= 15 is 0 Å². The maximum absolute atomic E-state index is 12.3. The van der Waals surface area contributed by atoms with Gasteiger partial charge in [-0.3, -0.25) is 4.79 Å². The van der Waals surface area contributed by atoms with Gasteiger partial charge < -0.3 is 4.57 Å². The Labute approximate surface area is 127 Å². The highest BCUT2D eigenvalue weighted by atomic mass is 35.5. The van der Waals surface area contributed by atoms with Gasteiger partial charge in [0.25, 0.3) is 0 Å². The number of rotatable bonds is 4. The molecule has 0 amide bonds. The summed E-state index contributed by atoms with van der Waals surface area (Å²) in [5.74, 6) is -0.0829. The minimum absolute atomic E-state index is 0.0829. The number of hydrogen-bond acceptors (Lipinski definition) is 3. The molecule has 0 aliphatic heterocycles. The van der Waals surface area contributed by atoms with Crippen LogP contribution in [0.5, 0.6) is 0 Å². The lowest BCUT2D eigenvalue weighted by molar-refractivity contribution is 0.103. The van der Waals surface area contributed by atoms with E-state index in [9.17, 15) is 4.79 Å². The van der Waals surface area contributed by atoms with Crippen LogP contribution in [0.25, 0.3) is 0 Å². The lowest BCUT2D eigenvalue weighted by Gasteiger charge is -2.03. The fourth-order valence-electron chi connectivity index (χ4n) is 2.10. The van der Waals surface area contributed by atoms with E-state index in [1.807, 2.05) is 41.2 Å². The molecule has 0 unspecified atom stereocenters. The number of ketones is 1. The SMILES string of the molecule is O=C(c1cncnc1)c1ccn(Cc2cccc(Cl)c2)c1. The Hall–Kier alpha value is -2.46. The lowest BCUT2D eigenvalue weighted by Crippen LogP contribution is -2.02. The van der Waals surface area contributed by atoms with E-state index in [0.29, 0.717) is 22.7 Å². The summed E-state index contributed by atoms with van der Waals surface area (Å²) in [4.78, 5) is 20.0. The van der Waals surface area contributed by atoms with Crippen molar-refractivity contribution >= 4 is 17.4 Å². The molecule has 0 atom stereocenters. The highest BCUT2D eigenvalue weighted by Gasteiger charge is 2.11. The van der Waals surface area contributed by atoms with Crippen LogP contribution >= 0.6 is 11.6 Å². The number of nitrogens with zero attached hydrogens (tertiary/aromatic N) is 3. The zero-order chi connectivity index (χ0) is 14.7. The summed E-state index contributed by atoms with van der Waals surface area (Å²) in [7, 11) is 0. The van der Waals surface area contributed by atoms with E-state index < -0.39 is 0 Å². The molecule has 3 rings (SSSR count). The number of hydrogen-bond donors (Lipinski definition) is 0. The van der Waals surface area contributed by atoms with Gasteiger partial charge in [0.1, 0.15) is 6.33 Å². The lowest BCUT2D eigenvalue weighted by atomic mass is 10.1. The molecule has 5 heteroatoms. The Kier molecular flexibility index (Phi) is 3.79. The van der Waals surface area contributed by atoms with E-state index in [-0.39, 0.29) is 5.78 Å². The van der Waals surface area contributed by atoms with Gasteiger partial charge in [-0.2, -0.15) is 0 Å². The minimum atomic E-state index is -0.0829. The van der Waals surface area contributed by atoms with Crippen LogP contribution in [-0.2, 0) is 6.54 Å². The van der Waals surface area contributed by atoms with Crippen LogP contribution in [0.2, 0.25) is 5.02 Å². The predicted octanol–water partition coefficient (Wildman–Crippen LogP) is 3.21. The van der Waals surface area contributed by atoms with E-state index in [2.05, 4.69) is 9.97 Å². The topological polar surface area (TPSA) is 47.8 Å². The van der Waals surface area contributed by atoms with E-state index in [4.69, 9.17) is 11.6 Å². The molecule has 0 saturated heterocycles. The first-order chi connectivity index (χ1) is 10.2. The molecule has 2 aromatic heterocycles. The fraction of sp³-hybridized carbons (Fsp3) is 0.0625. The molecule has 0 N–H and O–H groups in total. The van der Waals surface area contributed by atoms with Gasteiger partial charge in [-0.05, 0) is 23.8 Å². The third-order valence-corrected chi connectivity index (χ3v) is 3.32. The first-order valence-corrected chi connectivity index (χ1v) is 6.80. The minimum Gasteiger partial charge on any atom is -0.349 e. The molecular formula is C16H12ClN3O. The molecule has 0 spiro atoms. The molecule has 1 aromatic carbocycles. The Morgan fingerprint density at radius 3 is 2.71 bits per heavy atom. The summed E-state index contributed by atoms with van der Waals surface area (Å²) in [6.07, 6.45) is 8.13. The average Bonchev–Trinajstić information content (AvgIpc) is 2.96. The number of carbonyl (C=O) groups excluding carboxylic acids is 1. The summed E-state index contributed by atoms with van der Waals surface area (Å²) in [6, 6.07) is 9.45. The van der Waals surface area contributed by atoms with Crippen LogP contribution in [0.4, 0.5) is 0 Å². The first-order valence-electron chi connectivity index (χ1n) is 6.42. The maximum Gasteiger partial charge on any atom is 0.197 e. The molecule has 0 saturated carbocycles. The fourth-order valence-corrected chi connectivity index (χ4v) is 2.32.